The van der Waals surface area contributed by atoms with E-state index in [0.29, 0.717) is 65.1 Å². The first-order chi connectivity index (χ1) is 22.3. The molecule has 47 heavy (non-hydrogen) atoms. The Bertz CT molecular complexity index is 1770. The first-order valence-electron chi connectivity index (χ1n) is 16.6. The molecule has 2 atom stereocenters. The second-order valence-electron chi connectivity index (χ2n) is 14.1. The van der Waals surface area contributed by atoms with Crippen LogP contribution in [0.1, 0.15) is 84.1 Å². The highest BCUT2D eigenvalue weighted by Gasteiger charge is 2.37. The molecule has 5 heterocycles. The third kappa shape index (κ3) is 6.99. The highest BCUT2D eigenvalue weighted by atomic mass is 19.1. The van der Waals surface area contributed by atoms with Crippen LogP contribution >= 0.6 is 0 Å². The predicted octanol–water partition coefficient (Wildman–Crippen LogP) is 7.78. The fourth-order valence-corrected chi connectivity index (χ4v) is 6.64. The van der Waals surface area contributed by atoms with Gasteiger partial charge in [0.25, 0.3) is 0 Å². The summed E-state index contributed by atoms with van der Waals surface area (Å²) in [7, 11) is 0. The number of halogens is 1. The number of imidazole rings is 1. The van der Waals surface area contributed by atoms with Crippen LogP contribution in [0.4, 0.5) is 10.2 Å². The van der Waals surface area contributed by atoms with E-state index in [2.05, 4.69) is 11.8 Å². The molecule has 0 saturated carbocycles. The van der Waals surface area contributed by atoms with Crippen molar-refractivity contribution < 1.29 is 28.5 Å². The fourth-order valence-electron chi connectivity index (χ4n) is 6.64. The van der Waals surface area contributed by atoms with Gasteiger partial charge in [-0.2, -0.15) is 0 Å². The molecule has 9 nitrogen and oxygen atoms in total. The van der Waals surface area contributed by atoms with Crippen LogP contribution in [-0.2, 0) is 14.3 Å². The molecular formula is C37H45FN4O5. The molecule has 0 radical (unpaired) electrons. The molecule has 3 aliphatic rings. The molecule has 7 rings (SSSR count). The molecule has 1 N–H and O–H groups in total. The van der Waals surface area contributed by atoms with E-state index in [-0.39, 0.29) is 17.5 Å². The lowest BCUT2D eigenvalue weighted by Gasteiger charge is -2.41. The van der Waals surface area contributed by atoms with Crippen molar-refractivity contribution in [2.45, 2.75) is 97.1 Å². The number of aryl methyl sites for hydroxylation is 1. The molecule has 2 unspecified atom stereocenters. The molecule has 2 aromatic heterocycles. The maximum Gasteiger partial charge on any atom is 0.337 e. The van der Waals surface area contributed by atoms with E-state index >= 15 is 4.39 Å². The average molecular weight is 645 g/mol. The molecule has 4 aromatic rings. The molecule has 2 aromatic carbocycles. The van der Waals surface area contributed by atoms with E-state index in [4.69, 9.17) is 24.2 Å². The zero-order valence-corrected chi connectivity index (χ0v) is 28.2. The first-order valence-corrected chi connectivity index (χ1v) is 16.6. The number of carbonyl (C=O) groups is 1. The smallest absolute Gasteiger partial charge is 0.337 e. The summed E-state index contributed by atoms with van der Waals surface area (Å²) in [6, 6.07) is 12.5. The van der Waals surface area contributed by atoms with Gasteiger partial charge in [-0.15, -0.1) is 0 Å². The number of fused-ring (bicyclic) bond motifs is 8. The summed E-state index contributed by atoms with van der Waals surface area (Å²) in [4.78, 5) is 24.7. The number of hydrogen-bond acceptors (Lipinski definition) is 7. The molecule has 0 spiro atoms. The van der Waals surface area contributed by atoms with Gasteiger partial charge in [0.1, 0.15) is 17.4 Å². The molecule has 3 aliphatic heterocycles. The maximum absolute atomic E-state index is 15.5. The number of aromatic nitrogens is 3. The van der Waals surface area contributed by atoms with Gasteiger partial charge < -0.3 is 24.2 Å². The van der Waals surface area contributed by atoms with Gasteiger partial charge >= 0.3 is 5.97 Å². The van der Waals surface area contributed by atoms with Gasteiger partial charge in [0, 0.05) is 31.5 Å². The van der Waals surface area contributed by atoms with E-state index in [0.717, 1.165) is 37.7 Å². The van der Waals surface area contributed by atoms with Crippen molar-refractivity contribution in [3.8, 4) is 28.1 Å². The lowest BCUT2D eigenvalue weighted by atomic mass is 9.92. The molecule has 1 fully saturated rings. The molecule has 6 bridgehead atoms. The summed E-state index contributed by atoms with van der Waals surface area (Å²) in [6.07, 6.45) is 4.74. The van der Waals surface area contributed by atoms with Crippen molar-refractivity contribution in [2.24, 2.45) is 0 Å². The number of carboxylic acids is 1. The van der Waals surface area contributed by atoms with Crippen molar-refractivity contribution in [1.29, 1.82) is 0 Å². The van der Waals surface area contributed by atoms with E-state index in [1.165, 1.54) is 6.07 Å². The van der Waals surface area contributed by atoms with Gasteiger partial charge in [0.05, 0.1) is 39.8 Å². The monoisotopic (exact) mass is 644 g/mol. The van der Waals surface area contributed by atoms with E-state index in [1.54, 1.807) is 6.07 Å². The third-order valence-corrected chi connectivity index (χ3v) is 9.10. The van der Waals surface area contributed by atoms with E-state index in [9.17, 15) is 9.90 Å². The normalized spacial score (nSPS) is 21.3. The molecule has 0 amide bonds. The maximum atomic E-state index is 15.5. The van der Waals surface area contributed by atoms with Crippen molar-refractivity contribution in [1.82, 2.24) is 14.4 Å². The number of benzene rings is 2. The van der Waals surface area contributed by atoms with Gasteiger partial charge in [-0.3, -0.25) is 4.40 Å². The Balaban J connectivity index is 1.54. The average Bonchev–Trinajstić information content (AvgIpc) is 3.43. The number of ether oxygens (including phenoxy) is 3. The Kier molecular flexibility index (Phi) is 9.02. The van der Waals surface area contributed by atoms with E-state index < -0.39 is 17.7 Å². The predicted molar refractivity (Wildman–Crippen MR) is 180 cm³/mol. The van der Waals surface area contributed by atoms with Gasteiger partial charge in [0.15, 0.2) is 6.10 Å². The van der Waals surface area contributed by atoms with Crippen molar-refractivity contribution in [3.63, 3.8) is 0 Å². The summed E-state index contributed by atoms with van der Waals surface area (Å²) < 4.78 is 36.3. The molecule has 0 aliphatic carbocycles. The number of aliphatic carboxylic acids is 1. The van der Waals surface area contributed by atoms with Crippen molar-refractivity contribution >= 4 is 17.6 Å². The number of rotatable bonds is 3. The van der Waals surface area contributed by atoms with Crippen LogP contribution in [0.15, 0.2) is 48.7 Å². The van der Waals surface area contributed by atoms with Gasteiger partial charge in [-0.05, 0) is 97.4 Å². The second kappa shape index (κ2) is 12.9. The number of hydrogen-bond donors (Lipinski definition) is 1. The Hall–Kier alpha value is -4.02. The lowest BCUT2D eigenvalue weighted by Crippen LogP contribution is -2.45. The van der Waals surface area contributed by atoms with Crippen LogP contribution in [0.2, 0.25) is 0 Å². The summed E-state index contributed by atoms with van der Waals surface area (Å²) >= 11 is 0. The Morgan fingerprint density at radius 2 is 1.83 bits per heavy atom. The molecule has 10 heteroatoms. The van der Waals surface area contributed by atoms with Crippen LogP contribution in [0.3, 0.4) is 0 Å². The zero-order valence-electron chi connectivity index (χ0n) is 28.2. The minimum absolute atomic E-state index is 0.0968. The standard InChI is InChI=1S/C37H45FN4O5/c1-23-11-7-8-20-45-37(6)16-18-41(19-17-37)33-30(32(34(43)44)47-36(3,4)5)24(2)39-35-40-28(22-42(33)35)25-12-9-13-26(21-25)31-27(38)14-10-15-29(31)46-23/h9-10,12-15,21-23,32H,7-8,11,16-20H2,1-6H3,(H,43,44). The summed E-state index contributed by atoms with van der Waals surface area (Å²) in [5.41, 5.74) is 2.51. The minimum Gasteiger partial charge on any atom is -0.490 e. The fraction of sp³-hybridized carbons (Fsp3) is 0.486. The summed E-state index contributed by atoms with van der Waals surface area (Å²) in [5, 5.41) is 10.5. The minimum atomic E-state index is -1.24. The number of anilines is 1. The highest BCUT2D eigenvalue weighted by Crippen LogP contribution is 2.40. The largest absolute Gasteiger partial charge is 0.490 e. The Morgan fingerprint density at radius 3 is 2.55 bits per heavy atom. The molecular weight excluding hydrogens is 599 g/mol. The quantitative estimate of drug-likeness (QED) is 0.242. The second-order valence-corrected chi connectivity index (χ2v) is 14.1. The third-order valence-electron chi connectivity index (χ3n) is 9.10. The van der Waals surface area contributed by atoms with Crippen LogP contribution in [-0.4, -0.2) is 62.4 Å². The number of nitrogens with zero attached hydrogens (tertiary/aromatic N) is 4. The lowest BCUT2D eigenvalue weighted by molar-refractivity contribution is -0.160. The van der Waals surface area contributed by atoms with Crippen LogP contribution in [0.25, 0.3) is 28.2 Å². The topological polar surface area (TPSA) is 98.4 Å². The van der Waals surface area contributed by atoms with Gasteiger partial charge in [-0.25, -0.2) is 19.2 Å². The molecule has 250 valence electrons. The van der Waals surface area contributed by atoms with Crippen molar-refractivity contribution in [3.05, 3.63) is 65.7 Å². The Morgan fingerprint density at radius 1 is 1.11 bits per heavy atom. The van der Waals surface area contributed by atoms with Crippen molar-refractivity contribution in [2.75, 3.05) is 24.6 Å². The van der Waals surface area contributed by atoms with Crippen LogP contribution in [0, 0.1) is 12.7 Å². The van der Waals surface area contributed by atoms with Crippen LogP contribution < -0.4 is 9.64 Å². The molecule has 1 saturated heterocycles. The number of piperidine rings is 1. The number of carboxylic acid groups (broad SMARTS) is 1. The highest BCUT2D eigenvalue weighted by molar-refractivity contribution is 5.79. The van der Waals surface area contributed by atoms with Gasteiger partial charge in [0.2, 0.25) is 5.78 Å². The SMILES string of the molecule is Cc1nc2nc3cn2c(c1C(OC(C)(C)C)C(=O)O)N1CCC(C)(CC1)OCCCCC(C)Oc1cccc(F)c1-c1cccc-3c1. The zero-order chi connectivity index (χ0) is 33.5. The summed E-state index contributed by atoms with van der Waals surface area (Å²) in [5.74, 6) is 0.199. The Labute approximate surface area is 275 Å². The summed E-state index contributed by atoms with van der Waals surface area (Å²) in [6.45, 7) is 13.5. The van der Waals surface area contributed by atoms with E-state index in [1.807, 2.05) is 75.5 Å². The first kappa shape index (κ1) is 32.9. The van der Waals surface area contributed by atoms with Gasteiger partial charge in [-0.1, -0.05) is 24.3 Å². The van der Waals surface area contributed by atoms with Crippen LogP contribution in [0.5, 0.6) is 5.75 Å².